The van der Waals surface area contributed by atoms with Gasteiger partial charge in [-0.05, 0) is 55.5 Å². The van der Waals surface area contributed by atoms with Crippen LogP contribution in [-0.4, -0.2) is 31.1 Å². The van der Waals surface area contributed by atoms with E-state index in [0.29, 0.717) is 23.5 Å². The Kier molecular flexibility index (Phi) is 7.12. The molecule has 0 unspecified atom stereocenters. The Bertz CT molecular complexity index is 1990. The van der Waals surface area contributed by atoms with E-state index >= 15 is 0 Å². The van der Waals surface area contributed by atoms with Crippen molar-refractivity contribution >= 4 is 39.1 Å². The summed E-state index contributed by atoms with van der Waals surface area (Å²) in [6.45, 7) is 1.44. The summed E-state index contributed by atoms with van der Waals surface area (Å²) in [5.74, 6) is -1.70. The number of alkyl halides is 6. The average Bonchev–Trinajstić information content (AvgIpc) is 3.46. The topological polar surface area (TPSA) is 125 Å². The second-order valence-corrected chi connectivity index (χ2v) is 10.3. The molecule has 5 rings (SSSR count). The van der Waals surface area contributed by atoms with E-state index in [-0.39, 0.29) is 38.0 Å². The molecule has 0 radical (unpaired) electrons. The Morgan fingerprint density at radius 3 is 2.30 bits per heavy atom. The van der Waals surface area contributed by atoms with Crippen molar-refractivity contribution < 1.29 is 35.9 Å². The molecule has 0 saturated carbocycles. The van der Waals surface area contributed by atoms with Crippen LogP contribution >= 0.6 is 11.3 Å². The van der Waals surface area contributed by atoms with E-state index in [9.17, 15) is 40.7 Å². The average molecular weight is 621 g/mol. The Balaban J connectivity index is 1.66. The zero-order chi connectivity index (χ0) is 31.4. The number of carbonyl (C=O) groups is 2. The fourth-order valence-corrected chi connectivity index (χ4v) is 5.50. The summed E-state index contributed by atoms with van der Waals surface area (Å²) in [7, 11) is 1.34. The van der Waals surface area contributed by atoms with E-state index in [1.807, 2.05) is 0 Å². The number of aryl methyl sites for hydroxylation is 2. The first-order valence-corrected chi connectivity index (χ1v) is 12.9. The van der Waals surface area contributed by atoms with Crippen molar-refractivity contribution in [3.63, 3.8) is 0 Å². The van der Waals surface area contributed by atoms with Crippen LogP contribution in [0.1, 0.15) is 37.7 Å². The molecule has 0 atom stereocenters. The predicted octanol–water partition coefficient (Wildman–Crippen LogP) is 5.54. The van der Waals surface area contributed by atoms with Gasteiger partial charge in [0.1, 0.15) is 10.8 Å². The molecular formula is C27H18F6N6O3S. The number of hydrogen-bond donors (Lipinski definition) is 2. The second-order valence-electron chi connectivity index (χ2n) is 9.30. The van der Waals surface area contributed by atoms with Crippen LogP contribution in [-0.2, 0) is 19.4 Å². The van der Waals surface area contributed by atoms with Crippen LogP contribution in [0.5, 0.6) is 0 Å². The van der Waals surface area contributed by atoms with E-state index in [1.54, 1.807) is 0 Å². The maximum absolute atomic E-state index is 14.3. The number of anilines is 1. The Morgan fingerprint density at radius 1 is 0.977 bits per heavy atom. The van der Waals surface area contributed by atoms with Crippen molar-refractivity contribution in [2.45, 2.75) is 19.3 Å². The van der Waals surface area contributed by atoms with Gasteiger partial charge in [-0.15, -0.1) is 11.3 Å². The monoisotopic (exact) mass is 620 g/mol. The van der Waals surface area contributed by atoms with Gasteiger partial charge in [-0.1, -0.05) is 6.07 Å². The number of amides is 2. The van der Waals surface area contributed by atoms with Crippen molar-refractivity contribution in [2.24, 2.45) is 12.8 Å². The number of aromatic nitrogens is 4. The third-order valence-corrected chi connectivity index (χ3v) is 7.49. The molecule has 0 aliphatic rings. The summed E-state index contributed by atoms with van der Waals surface area (Å²) in [6.07, 6.45) is -9.86. The van der Waals surface area contributed by atoms with Gasteiger partial charge in [0.25, 0.3) is 5.91 Å². The first-order valence-electron chi connectivity index (χ1n) is 12.1. The number of nitrogens with one attached hydrogen (secondary N) is 1. The van der Waals surface area contributed by atoms with Crippen LogP contribution in [0.15, 0.2) is 59.4 Å². The molecule has 43 heavy (non-hydrogen) atoms. The molecule has 222 valence electrons. The maximum atomic E-state index is 14.3. The number of nitrogens with zero attached hydrogens (tertiary/aromatic N) is 4. The highest BCUT2D eigenvalue weighted by molar-refractivity contribution is 7.22. The van der Waals surface area contributed by atoms with Crippen molar-refractivity contribution in [3.05, 3.63) is 93.2 Å². The Hall–Kier alpha value is -4.99. The first-order chi connectivity index (χ1) is 20.0. The van der Waals surface area contributed by atoms with Gasteiger partial charge in [0.2, 0.25) is 5.91 Å². The van der Waals surface area contributed by atoms with Crippen molar-refractivity contribution in [3.8, 4) is 16.3 Å². The van der Waals surface area contributed by atoms with Crippen molar-refractivity contribution in [2.75, 3.05) is 5.32 Å². The molecule has 2 amide bonds. The maximum Gasteiger partial charge on any atom is 0.417 e. The molecule has 0 saturated heterocycles. The molecule has 0 aliphatic carbocycles. The van der Waals surface area contributed by atoms with Crippen LogP contribution in [0, 0.1) is 6.92 Å². The van der Waals surface area contributed by atoms with E-state index in [2.05, 4.69) is 15.4 Å². The van der Waals surface area contributed by atoms with Gasteiger partial charge in [0.05, 0.1) is 32.6 Å². The van der Waals surface area contributed by atoms with E-state index < -0.39 is 52.1 Å². The van der Waals surface area contributed by atoms with Gasteiger partial charge in [0, 0.05) is 23.9 Å². The largest absolute Gasteiger partial charge is 0.417 e. The molecule has 3 aromatic carbocycles. The lowest BCUT2D eigenvalue weighted by molar-refractivity contribution is -0.138. The fraction of sp³-hybridized carbons (Fsp3) is 0.148. The van der Waals surface area contributed by atoms with Gasteiger partial charge < -0.3 is 11.1 Å². The van der Waals surface area contributed by atoms with Gasteiger partial charge in [0.15, 0.2) is 0 Å². The molecule has 2 heterocycles. The van der Waals surface area contributed by atoms with Crippen LogP contribution < -0.4 is 16.7 Å². The van der Waals surface area contributed by atoms with Gasteiger partial charge in [-0.2, -0.15) is 31.4 Å². The zero-order valence-corrected chi connectivity index (χ0v) is 22.8. The SMILES string of the molecule is Cc1nn(C)c(=O)n1-c1ccc(-c2nc3cc(C(F)(F)F)cc(C(=O)Nc4cccc(C(N)=O)c4)c3s2)c(C(F)(F)F)c1. The summed E-state index contributed by atoms with van der Waals surface area (Å²) in [4.78, 5) is 41.2. The number of nitrogens with two attached hydrogens (primary N) is 1. The van der Waals surface area contributed by atoms with E-state index in [0.717, 1.165) is 21.4 Å². The number of halogens is 6. The zero-order valence-electron chi connectivity index (χ0n) is 22.0. The highest BCUT2D eigenvalue weighted by Gasteiger charge is 2.36. The number of fused-ring (bicyclic) bond motifs is 1. The normalized spacial score (nSPS) is 12.1. The molecule has 0 bridgehead atoms. The van der Waals surface area contributed by atoms with Gasteiger partial charge >= 0.3 is 18.0 Å². The number of thiazole rings is 1. The summed E-state index contributed by atoms with van der Waals surface area (Å²) < 4.78 is 85.9. The number of hydrogen-bond acceptors (Lipinski definition) is 6. The minimum Gasteiger partial charge on any atom is -0.366 e. The first kappa shape index (κ1) is 29.5. The molecule has 5 aromatic rings. The summed E-state index contributed by atoms with van der Waals surface area (Å²) in [5, 5.41) is 5.99. The third kappa shape index (κ3) is 5.60. The van der Waals surface area contributed by atoms with Crippen molar-refractivity contribution in [1.29, 1.82) is 0 Å². The van der Waals surface area contributed by atoms with Crippen LogP contribution in [0.25, 0.3) is 26.5 Å². The highest BCUT2D eigenvalue weighted by Crippen LogP contribution is 2.43. The standard InChI is InChI=1S/C27H18F6N6O3S/c1-12-37-38(2)25(42)39(12)16-6-7-17(19(11-16)27(31,32)33)24-36-20-10-14(26(28,29)30)9-18(21(20)43-24)23(41)35-15-5-3-4-13(8-15)22(34)40/h3-11H,1-2H3,(H2,34,40)(H,35,41). The Morgan fingerprint density at radius 2 is 1.70 bits per heavy atom. The fourth-order valence-electron chi connectivity index (χ4n) is 4.41. The van der Waals surface area contributed by atoms with E-state index in [4.69, 9.17) is 5.73 Å². The van der Waals surface area contributed by atoms with Gasteiger partial charge in [-0.3, -0.25) is 9.59 Å². The lowest BCUT2D eigenvalue weighted by atomic mass is 10.1. The predicted molar refractivity (Wildman–Crippen MR) is 145 cm³/mol. The molecular weight excluding hydrogens is 602 g/mol. The van der Waals surface area contributed by atoms with Crippen LogP contribution in [0.2, 0.25) is 0 Å². The molecule has 0 spiro atoms. The number of benzene rings is 3. The number of primary amides is 1. The number of rotatable bonds is 5. The molecule has 0 aliphatic heterocycles. The molecule has 0 fully saturated rings. The van der Waals surface area contributed by atoms with E-state index in [1.165, 1.54) is 44.3 Å². The molecule has 3 N–H and O–H groups in total. The quantitative estimate of drug-likeness (QED) is 0.250. The summed E-state index contributed by atoms with van der Waals surface area (Å²) in [5.41, 5.74) is 0.719. The molecule has 2 aromatic heterocycles. The minimum atomic E-state index is -4.95. The van der Waals surface area contributed by atoms with Crippen LogP contribution in [0.4, 0.5) is 32.0 Å². The van der Waals surface area contributed by atoms with Gasteiger partial charge in [-0.25, -0.2) is 19.0 Å². The highest BCUT2D eigenvalue weighted by atomic mass is 32.1. The third-order valence-electron chi connectivity index (χ3n) is 6.35. The Labute approximate surface area is 241 Å². The smallest absolute Gasteiger partial charge is 0.366 e. The summed E-state index contributed by atoms with van der Waals surface area (Å²) in [6, 6.07) is 9.56. The lowest BCUT2D eigenvalue weighted by Gasteiger charge is -2.13. The molecule has 16 heteroatoms. The second kappa shape index (κ2) is 10.4. The van der Waals surface area contributed by atoms with Crippen molar-refractivity contribution in [1.82, 2.24) is 19.3 Å². The summed E-state index contributed by atoms with van der Waals surface area (Å²) >= 11 is 0.587. The molecule has 9 nitrogen and oxygen atoms in total. The lowest BCUT2D eigenvalue weighted by Crippen LogP contribution is -2.22. The number of carbonyl (C=O) groups excluding carboxylic acids is 2. The minimum absolute atomic E-state index is 0.0268. The van der Waals surface area contributed by atoms with Crippen LogP contribution in [0.3, 0.4) is 0 Å².